The summed E-state index contributed by atoms with van der Waals surface area (Å²) in [7, 11) is 6.58. The Morgan fingerprint density at radius 2 is 1.38 bits per heavy atom. The lowest BCUT2D eigenvalue weighted by atomic mass is 9.78. The van der Waals surface area contributed by atoms with E-state index in [1.807, 2.05) is 0 Å². The Hall–Kier alpha value is -2.30. The van der Waals surface area contributed by atoms with Crippen molar-refractivity contribution in [2.75, 3.05) is 40.6 Å². The highest BCUT2D eigenvalue weighted by Gasteiger charge is 2.37. The van der Waals surface area contributed by atoms with Crippen molar-refractivity contribution in [3.8, 4) is 0 Å². The van der Waals surface area contributed by atoms with Crippen LogP contribution in [0.5, 0.6) is 0 Å². The molecule has 2 heterocycles. The summed E-state index contributed by atoms with van der Waals surface area (Å²) in [4.78, 5) is 9.62. The van der Waals surface area contributed by atoms with E-state index in [1.165, 1.54) is 45.1 Å². The molecule has 2 aliphatic rings. The first-order valence-electron chi connectivity index (χ1n) is 9.46. The summed E-state index contributed by atoms with van der Waals surface area (Å²) in [6.45, 7) is 11.6. The zero-order valence-electron chi connectivity index (χ0n) is 17.3. The zero-order valence-corrected chi connectivity index (χ0v) is 17.3. The van der Waals surface area contributed by atoms with Crippen LogP contribution in [0.3, 0.4) is 0 Å². The second-order valence-electron chi connectivity index (χ2n) is 7.97. The van der Waals surface area contributed by atoms with E-state index in [1.54, 1.807) is 0 Å². The smallest absolute Gasteiger partial charge is 0.371 e. The second-order valence-corrected chi connectivity index (χ2v) is 7.97. The molecule has 0 amide bonds. The van der Waals surface area contributed by atoms with Gasteiger partial charge in [-0.3, -0.25) is 0 Å². The molecule has 0 saturated carbocycles. The monoisotopic (exact) mass is 348 g/mol. The number of fused-ring (bicyclic) bond motifs is 2. The van der Waals surface area contributed by atoms with Crippen molar-refractivity contribution in [2.45, 2.75) is 40.7 Å². The molecule has 0 fully saturated rings. The summed E-state index contributed by atoms with van der Waals surface area (Å²) in [5.74, 6) is 0. The lowest BCUT2D eigenvalue weighted by Gasteiger charge is -2.30. The third kappa shape index (κ3) is 2.09. The molecule has 0 spiro atoms. The topological polar surface area (TPSA) is 13.0 Å². The summed E-state index contributed by atoms with van der Waals surface area (Å²) in [5.41, 5.74) is 10.7. The van der Waals surface area contributed by atoms with Gasteiger partial charge in [-0.2, -0.15) is 0 Å². The van der Waals surface area contributed by atoms with E-state index in [0.29, 0.717) is 13.1 Å². The average Bonchev–Trinajstić information content (AvgIpc) is 2.97. The van der Waals surface area contributed by atoms with Crippen LogP contribution in [-0.2, 0) is 0 Å². The lowest BCUT2D eigenvalue weighted by Crippen LogP contribution is -2.41. The van der Waals surface area contributed by atoms with E-state index in [4.69, 9.17) is 0 Å². The maximum absolute atomic E-state index is 2.49. The summed E-state index contributed by atoms with van der Waals surface area (Å²) in [5, 5.41) is 0. The van der Waals surface area contributed by atoms with E-state index in [9.17, 15) is 0 Å². The molecule has 1 atom stereocenters. The van der Waals surface area contributed by atoms with Gasteiger partial charge in [-0.25, -0.2) is 0 Å². The van der Waals surface area contributed by atoms with Gasteiger partial charge in [0.1, 0.15) is 6.17 Å². The van der Waals surface area contributed by atoms with Gasteiger partial charge in [0.2, 0.25) is 0 Å². The number of hydrogen-bond donors (Lipinski definition) is 0. The van der Waals surface area contributed by atoms with Crippen molar-refractivity contribution < 1.29 is 0 Å². The molecule has 0 unspecified atom stereocenters. The van der Waals surface area contributed by atoms with Crippen LogP contribution in [-0.4, -0.2) is 34.3 Å². The summed E-state index contributed by atoms with van der Waals surface area (Å²) in [6, 6.07) is 9.25. The fraction of sp³-hybridized carbons (Fsp3) is 0.429. The van der Waals surface area contributed by atoms with Gasteiger partial charge in [0.15, 0.2) is 0 Å². The predicted molar refractivity (Wildman–Crippen MR) is 116 cm³/mol. The highest BCUT2D eigenvalue weighted by molar-refractivity contribution is 6.68. The van der Waals surface area contributed by atoms with Gasteiger partial charge in [0, 0.05) is 18.4 Å². The summed E-state index contributed by atoms with van der Waals surface area (Å²) in [6.07, 6.45) is 0.296. The molecule has 2 aliphatic heterocycles. The van der Waals surface area contributed by atoms with Gasteiger partial charge < -0.3 is 19.4 Å². The zero-order chi connectivity index (χ0) is 18.9. The van der Waals surface area contributed by atoms with Crippen molar-refractivity contribution in [3.05, 3.63) is 41.0 Å². The molecule has 0 N–H and O–H groups in total. The molecule has 0 radical (unpaired) electrons. The van der Waals surface area contributed by atoms with Crippen molar-refractivity contribution in [1.29, 1.82) is 0 Å². The molecule has 2 aromatic carbocycles. The standard InChI is InChI=1S/C21H29BN4/c1-13-11-19-20(12-14(13)2)26(16(4)23(19)6)17-9-10-18-21(15(17)3)25(8)22(5)24(18)7/h9-12,16H,1-8H3/t16-/m1/s1. The Morgan fingerprint density at radius 1 is 0.808 bits per heavy atom. The number of hydrogen-bond acceptors (Lipinski definition) is 4. The average molecular weight is 348 g/mol. The molecule has 5 heteroatoms. The van der Waals surface area contributed by atoms with E-state index in [-0.39, 0.29) is 0 Å². The second kappa shape index (κ2) is 5.60. The minimum atomic E-state index is 0.296. The normalized spacial score (nSPS) is 18.8. The molecule has 2 aromatic rings. The largest absolute Gasteiger partial charge is 0.397 e. The van der Waals surface area contributed by atoms with Crippen LogP contribution in [0.4, 0.5) is 28.4 Å². The van der Waals surface area contributed by atoms with Crippen molar-refractivity contribution in [1.82, 2.24) is 0 Å². The van der Waals surface area contributed by atoms with Crippen LogP contribution in [0.2, 0.25) is 6.82 Å². The molecule has 136 valence electrons. The van der Waals surface area contributed by atoms with E-state index in [0.717, 1.165) is 0 Å². The van der Waals surface area contributed by atoms with E-state index >= 15 is 0 Å². The van der Waals surface area contributed by atoms with Crippen LogP contribution in [0, 0.1) is 20.8 Å². The Kier molecular flexibility index (Phi) is 3.69. The minimum absolute atomic E-state index is 0.296. The molecular formula is C21H29BN4. The van der Waals surface area contributed by atoms with Gasteiger partial charge in [-0.1, -0.05) is 0 Å². The van der Waals surface area contributed by atoms with Crippen LogP contribution >= 0.6 is 0 Å². The lowest BCUT2D eigenvalue weighted by molar-refractivity contribution is 0.732. The highest BCUT2D eigenvalue weighted by Crippen LogP contribution is 2.49. The van der Waals surface area contributed by atoms with Gasteiger partial charge in [-0.05, 0) is 89.6 Å². The van der Waals surface area contributed by atoms with E-state index < -0.39 is 0 Å². The van der Waals surface area contributed by atoms with Gasteiger partial charge in [-0.15, -0.1) is 0 Å². The summed E-state index contributed by atoms with van der Waals surface area (Å²) >= 11 is 0. The predicted octanol–water partition coefficient (Wildman–Crippen LogP) is 4.55. The number of anilines is 5. The third-order valence-electron chi connectivity index (χ3n) is 6.66. The maximum Gasteiger partial charge on any atom is 0.371 e. The molecule has 0 aromatic heterocycles. The first-order valence-corrected chi connectivity index (χ1v) is 9.46. The first-order chi connectivity index (χ1) is 12.2. The first kappa shape index (κ1) is 17.1. The SMILES string of the molecule is CB1N(C)c2ccc(N3c4cc(C)c(C)cc4N(C)[C@H]3C)c(C)c2N1C. The van der Waals surface area contributed by atoms with Crippen LogP contribution in [0.25, 0.3) is 0 Å². The van der Waals surface area contributed by atoms with Gasteiger partial charge in [0.05, 0.1) is 17.1 Å². The Morgan fingerprint density at radius 3 is 2.04 bits per heavy atom. The molecular weight excluding hydrogens is 319 g/mol. The highest BCUT2D eigenvalue weighted by atomic mass is 15.4. The van der Waals surface area contributed by atoms with Crippen LogP contribution in [0.15, 0.2) is 24.3 Å². The third-order valence-corrected chi connectivity index (χ3v) is 6.66. The summed E-state index contributed by atoms with van der Waals surface area (Å²) < 4.78 is 0. The molecule has 26 heavy (non-hydrogen) atoms. The number of benzene rings is 2. The Balaban J connectivity index is 1.90. The minimum Gasteiger partial charge on any atom is -0.397 e. The molecule has 0 bridgehead atoms. The Labute approximate surface area is 158 Å². The van der Waals surface area contributed by atoms with Crippen molar-refractivity contribution in [2.24, 2.45) is 0 Å². The van der Waals surface area contributed by atoms with Crippen LogP contribution < -0.4 is 19.4 Å². The molecule has 4 rings (SSSR count). The maximum atomic E-state index is 2.49. The quantitative estimate of drug-likeness (QED) is 0.701. The number of aryl methyl sites for hydroxylation is 2. The fourth-order valence-corrected chi connectivity index (χ4v) is 4.48. The number of nitrogens with zero attached hydrogens (tertiary/aromatic N) is 4. The van der Waals surface area contributed by atoms with Gasteiger partial charge >= 0.3 is 6.98 Å². The molecule has 0 saturated heterocycles. The van der Waals surface area contributed by atoms with Crippen molar-refractivity contribution in [3.63, 3.8) is 0 Å². The van der Waals surface area contributed by atoms with Crippen LogP contribution in [0.1, 0.15) is 23.6 Å². The van der Waals surface area contributed by atoms with E-state index in [2.05, 4.69) is 99.3 Å². The van der Waals surface area contributed by atoms with Gasteiger partial charge in [0.25, 0.3) is 0 Å². The Bertz CT molecular complexity index is 894. The fourth-order valence-electron chi connectivity index (χ4n) is 4.48. The number of rotatable bonds is 1. The molecule has 0 aliphatic carbocycles. The molecule has 4 nitrogen and oxygen atoms in total. The van der Waals surface area contributed by atoms with Crippen molar-refractivity contribution >= 4 is 35.4 Å².